The van der Waals surface area contributed by atoms with Gasteiger partial charge < -0.3 is 0 Å². The fourth-order valence-corrected chi connectivity index (χ4v) is 5.04. The van der Waals surface area contributed by atoms with Crippen molar-refractivity contribution in [1.29, 1.82) is 0 Å². The lowest BCUT2D eigenvalue weighted by atomic mass is 9.93. The van der Waals surface area contributed by atoms with Gasteiger partial charge in [0.15, 0.2) is 0 Å². The summed E-state index contributed by atoms with van der Waals surface area (Å²) in [6.07, 6.45) is 9.18. The van der Waals surface area contributed by atoms with E-state index in [0.717, 1.165) is 0 Å². The highest BCUT2D eigenvalue weighted by Crippen LogP contribution is 2.50. The van der Waals surface area contributed by atoms with Crippen molar-refractivity contribution < 1.29 is 0 Å². The molecule has 3 aromatic rings. The average Bonchev–Trinajstić information content (AvgIpc) is 2.88. The number of fused-ring (bicyclic) bond motifs is 3. The number of allylic oxidation sites excluding steroid dienone is 5. The quantitative estimate of drug-likeness (QED) is 0.476. The van der Waals surface area contributed by atoms with E-state index in [1.807, 2.05) is 11.8 Å². The fraction of sp³-hybridized carbons (Fsp3) is 0.0400. The van der Waals surface area contributed by atoms with Gasteiger partial charge in [-0.1, -0.05) is 115 Å². The second-order valence-electron chi connectivity index (χ2n) is 6.58. The van der Waals surface area contributed by atoms with Crippen LogP contribution >= 0.6 is 11.8 Å². The maximum atomic E-state index is 2.41. The molecule has 2 bridgehead atoms. The molecule has 0 N–H and O–H groups in total. The molecule has 0 saturated heterocycles. The third-order valence-corrected chi connectivity index (χ3v) is 6.20. The van der Waals surface area contributed by atoms with E-state index < -0.39 is 0 Å². The number of hydrogen-bond donors (Lipinski definition) is 0. The lowest BCUT2D eigenvalue weighted by Gasteiger charge is -2.25. The number of rotatable bonds is 2. The molecular weight excluding hydrogens is 332 g/mol. The molecule has 3 aromatic carbocycles. The molecule has 0 nitrogen and oxygen atoms in total. The summed E-state index contributed by atoms with van der Waals surface area (Å²) in [6.45, 7) is 0. The first-order chi connectivity index (χ1) is 12.9. The van der Waals surface area contributed by atoms with Crippen LogP contribution < -0.4 is 0 Å². The average molecular weight is 350 g/mol. The minimum absolute atomic E-state index is 0.336. The Labute approximate surface area is 158 Å². The first-order valence-corrected chi connectivity index (χ1v) is 9.74. The second kappa shape index (κ2) is 6.51. The summed E-state index contributed by atoms with van der Waals surface area (Å²) in [5.74, 6) is 0.336. The zero-order valence-corrected chi connectivity index (χ0v) is 15.1. The predicted octanol–water partition coefficient (Wildman–Crippen LogP) is 7.08. The third-order valence-electron chi connectivity index (χ3n) is 4.96. The van der Waals surface area contributed by atoms with Gasteiger partial charge in [0, 0.05) is 15.7 Å². The van der Waals surface area contributed by atoms with Crippen molar-refractivity contribution in [3.8, 4) is 11.1 Å². The number of benzene rings is 3. The molecule has 2 aliphatic rings. The monoisotopic (exact) mass is 350 g/mol. The van der Waals surface area contributed by atoms with Gasteiger partial charge in [0.25, 0.3) is 0 Å². The summed E-state index contributed by atoms with van der Waals surface area (Å²) in [4.78, 5) is 2.73. The highest BCUT2D eigenvalue weighted by atomic mass is 32.2. The van der Waals surface area contributed by atoms with E-state index in [-0.39, 0.29) is 0 Å². The van der Waals surface area contributed by atoms with Crippen LogP contribution in [0.5, 0.6) is 0 Å². The molecule has 124 valence electrons. The molecular formula is C25H18S. The van der Waals surface area contributed by atoms with Gasteiger partial charge in [-0.2, -0.15) is 0 Å². The number of hydrogen-bond acceptors (Lipinski definition) is 1. The maximum absolute atomic E-state index is 2.41. The molecule has 1 aliphatic heterocycles. The van der Waals surface area contributed by atoms with Crippen LogP contribution in [-0.2, 0) is 0 Å². The molecule has 5 rings (SSSR count). The van der Waals surface area contributed by atoms with Crippen molar-refractivity contribution >= 4 is 17.3 Å². The lowest BCUT2D eigenvalue weighted by molar-refractivity contribution is 1.03. The fourth-order valence-electron chi connectivity index (χ4n) is 3.69. The summed E-state index contributed by atoms with van der Waals surface area (Å²) < 4.78 is 0. The van der Waals surface area contributed by atoms with E-state index in [4.69, 9.17) is 0 Å². The van der Waals surface area contributed by atoms with Gasteiger partial charge in [-0.15, -0.1) is 0 Å². The van der Waals surface area contributed by atoms with E-state index in [9.17, 15) is 0 Å². The van der Waals surface area contributed by atoms with Crippen LogP contribution in [0.4, 0.5) is 0 Å². The Bertz CT molecular complexity index is 1040. The summed E-state index contributed by atoms with van der Waals surface area (Å²) in [5.41, 5.74) is 6.59. The highest BCUT2D eigenvalue weighted by molar-refractivity contribution is 8.03. The van der Waals surface area contributed by atoms with Gasteiger partial charge >= 0.3 is 0 Å². The Hall–Kier alpha value is -2.77. The largest absolute Gasteiger partial charge is 0.0888 e. The van der Waals surface area contributed by atoms with Crippen LogP contribution in [0, 0.1) is 0 Å². The molecule has 0 saturated carbocycles. The van der Waals surface area contributed by atoms with Crippen LogP contribution in [0.2, 0.25) is 0 Å². The molecule has 1 unspecified atom stereocenters. The second-order valence-corrected chi connectivity index (χ2v) is 7.63. The van der Waals surface area contributed by atoms with Crippen molar-refractivity contribution in [2.24, 2.45) is 0 Å². The molecule has 0 amide bonds. The zero-order valence-electron chi connectivity index (χ0n) is 14.3. The summed E-state index contributed by atoms with van der Waals surface area (Å²) in [5, 5.41) is 0. The summed E-state index contributed by atoms with van der Waals surface area (Å²) in [7, 11) is 0. The van der Waals surface area contributed by atoms with Gasteiger partial charge in [-0.25, -0.2) is 0 Å². The van der Waals surface area contributed by atoms with Gasteiger partial charge in [0.2, 0.25) is 0 Å². The Kier molecular flexibility index (Phi) is 3.88. The van der Waals surface area contributed by atoms with Crippen molar-refractivity contribution in [3.05, 3.63) is 119 Å². The van der Waals surface area contributed by atoms with Gasteiger partial charge in [-0.3, -0.25) is 0 Å². The minimum Gasteiger partial charge on any atom is -0.0888 e. The first-order valence-electron chi connectivity index (χ1n) is 8.92. The van der Waals surface area contributed by atoms with Crippen LogP contribution in [0.3, 0.4) is 0 Å². The standard InChI is InChI=1S/C25H18S/c1-3-9-18(10-4-1)21-14-7-13-20-17-24(21)26-25-22(15-8-16-23(20)25)19-11-5-2-6-12-19/h1-17,20H. The number of thioether (sulfide) groups is 1. The highest BCUT2D eigenvalue weighted by Gasteiger charge is 2.25. The Morgan fingerprint density at radius 2 is 1.42 bits per heavy atom. The molecule has 1 aliphatic carbocycles. The molecule has 1 heterocycles. The summed E-state index contributed by atoms with van der Waals surface area (Å²) >= 11 is 1.90. The smallest absolute Gasteiger partial charge is 0.0242 e. The summed E-state index contributed by atoms with van der Waals surface area (Å²) in [6, 6.07) is 28.1. The van der Waals surface area contributed by atoms with Crippen LogP contribution in [0.25, 0.3) is 16.7 Å². The van der Waals surface area contributed by atoms with E-state index >= 15 is 0 Å². The van der Waals surface area contributed by atoms with Gasteiger partial charge in [0.1, 0.15) is 0 Å². The van der Waals surface area contributed by atoms with Crippen LogP contribution in [0.1, 0.15) is 17.0 Å². The van der Waals surface area contributed by atoms with Crippen molar-refractivity contribution in [3.63, 3.8) is 0 Å². The van der Waals surface area contributed by atoms with Crippen molar-refractivity contribution in [2.45, 2.75) is 10.8 Å². The van der Waals surface area contributed by atoms with E-state index in [1.54, 1.807) is 0 Å². The van der Waals surface area contributed by atoms with E-state index in [1.165, 1.54) is 37.6 Å². The van der Waals surface area contributed by atoms with Crippen LogP contribution in [0.15, 0.2) is 113 Å². The lowest BCUT2D eigenvalue weighted by Crippen LogP contribution is -2.02. The molecule has 0 radical (unpaired) electrons. The molecule has 1 atom stereocenters. The topological polar surface area (TPSA) is 0 Å². The third kappa shape index (κ3) is 2.65. The molecule has 0 aromatic heterocycles. The molecule has 1 heteroatoms. The normalized spacial score (nSPS) is 17.8. The van der Waals surface area contributed by atoms with Gasteiger partial charge in [0.05, 0.1) is 0 Å². The molecule has 0 fully saturated rings. The van der Waals surface area contributed by atoms with Gasteiger partial charge in [-0.05, 0) is 27.8 Å². The Morgan fingerprint density at radius 1 is 0.692 bits per heavy atom. The molecule has 26 heavy (non-hydrogen) atoms. The van der Waals surface area contributed by atoms with Crippen molar-refractivity contribution in [1.82, 2.24) is 0 Å². The zero-order chi connectivity index (χ0) is 17.3. The van der Waals surface area contributed by atoms with E-state index in [2.05, 4.69) is 103 Å². The maximum Gasteiger partial charge on any atom is 0.0242 e. The Balaban J connectivity index is 1.64. The Morgan fingerprint density at radius 3 is 2.19 bits per heavy atom. The predicted molar refractivity (Wildman–Crippen MR) is 112 cm³/mol. The van der Waals surface area contributed by atoms with Crippen molar-refractivity contribution in [2.75, 3.05) is 0 Å². The van der Waals surface area contributed by atoms with Crippen LogP contribution in [-0.4, -0.2) is 0 Å². The molecule has 0 spiro atoms. The van der Waals surface area contributed by atoms with E-state index in [0.29, 0.717) is 5.92 Å². The minimum atomic E-state index is 0.336. The SMILES string of the molecule is C1=CC2C=C(Sc3c(-c4ccccc4)cccc32)C(c2ccccc2)=C1. The first kappa shape index (κ1) is 15.5.